The van der Waals surface area contributed by atoms with Crippen LogP contribution in [0, 0.1) is 0 Å². The van der Waals surface area contributed by atoms with E-state index >= 15 is 0 Å². The monoisotopic (exact) mass is 845 g/mol. The maximum Gasteiger partial charge on any atom is 0.408 e. The number of rotatable bonds is 11. The molecular formula is C43H47N3O15. The molecule has 7 rings (SSSR count). The second-order valence-electron chi connectivity index (χ2n) is 15.7. The van der Waals surface area contributed by atoms with Gasteiger partial charge in [0.05, 0.1) is 42.0 Å². The van der Waals surface area contributed by atoms with Crippen LogP contribution in [0.15, 0.2) is 48.5 Å². The van der Waals surface area contributed by atoms with Crippen molar-refractivity contribution in [3.63, 3.8) is 0 Å². The van der Waals surface area contributed by atoms with Gasteiger partial charge in [-0.15, -0.1) is 0 Å². The number of aliphatic hydroxyl groups excluding tert-OH is 2. The highest BCUT2D eigenvalue weighted by atomic mass is 16.7. The van der Waals surface area contributed by atoms with Gasteiger partial charge in [-0.2, -0.15) is 0 Å². The van der Waals surface area contributed by atoms with Crippen LogP contribution in [-0.4, -0.2) is 128 Å². The number of aliphatic hydroxyl groups is 3. The number of likely N-dealkylation sites (tertiary alicyclic amines) is 1. The first-order valence-corrected chi connectivity index (χ1v) is 19.9. The summed E-state index contributed by atoms with van der Waals surface area (Å²) < 4.78 is 22.8. The van der Waals surface area contributed by atoms with Crippen molar-refractivity contribution in [3.05, 3.63) is 87.5 Å². The van der Waals surface area contributed by atoms with Crippen molar-refractivity contribution >= 4 is 35.3 Å². The molecule has 2 fully saturated rings. The van der Waals surface area contributed by atoms with E-state index in [1.807, 2.05) is 6.07 Å². The number of benzene rings is 3. The van der Waals surface area contributed by atoms with Crippen LogP contribution in [0.4, 0.5) is 4.79 Å². The molecule has 324 valence electrons. The number of nitrogens with one attached hydrogen (secondary N) is 2. The molecule has 2 heterocycles. The molecule has 3 aromatic carbocycles. The SMILES string of the molecule is COc1cccc2c1C(=O)c1c(O)c3c(c(O)c1C2=O)C[C@@](O)(C(=O)CO)C[C@@H]3O[C@H]1C[C@H](NC(=O)[C@@H]2CCCN2C(=O)[C@@H](C)NC(=O)OCc2ccccc2)[C@H](O)[C@H](C)O1. The molecular weight excluding hydrogens is 798 g/mol. The fourth-order valence-electron chi connectivity index (χ4n) is 8.69. The van der Waals surface area contributed by atoms with E-state index in [1.165, 1.54) is 44.1 Å². The molecule has 8 atom stereocenters. The predicted octanol–water partition coefficient (Wildman–Crippen LogP) is 1.46. The molecule has 3 amide bonds. The minimum absolute atomic E-state index is 0.00917. The minimum atomic E-state index is -2.38. The summed E-state index contributed by atoms with van der Waals surface area (Å²) in [5.41, 5.74) is -3.49. The van der Waals surface area contributed by atoms with Crippen LogP contribution in [0.1, 0.15) is 94.2 Å². The fraction of sp³-hybridized carbons (Fsp3) is 0.442. The van der Waals surface area contributed by atoms with Crippen molar-refractivity contribution in [1.29, 1.82) is 0 Å². The molecule has 2 saturated heterocycles. The van der Waals surface area contributed by atoms with Gasteiger partial charge in [0, 0.05) is 42.5 Å². The average Bonchev–Trinajstić information content (AvgIpc) is 3.74. The number of methoxy groups -OCH3 is 1. The lowest BCUT2D eigenvalue weighted by molar-refractivity contribution is -0.249. The number of carbonyl (C=O) groups excluding carboxylic acids is 6. The van der Waals surface area contributed by atoms with Crippen LogP contribution >= 0.6 is 0 Å². The molecule has 61 heavy (non-hydrogen) atoms. The number of phenols is 2. The van der Waals surface area contributed by atoms with Crippen molar-refractivity contribution in [2.45, 2.75) is 101 Å². The van der Waals surface area contributed by atoms with Gasteiger partial charge >= 0.3 is 6.09 Å². The molecule has 7 N–H and O–H groups in total. The van der Waals surface area contributed by atoms with Crippen LogP contribution in [0.2, 0.25) is 0 Å². The summed E-state index contributed by atoms with van der Waals surface area (Å²) in [7, 11) is 1.30. The molecule has 0 unspecified atom stereocenters. The van der Waals surface area contributed by atoms with E-state index in [1.54, 1.807) is 24.3 Å². The van der Waals surface area contributed by atoms with E-state index in [2.05, 4.69) is 10.6 Å². The zero-order valence-corrected chi connectivity index (χ0v) is 33.6. The largest absolute Gasteiger partial charge is 0.507 e. The number of carbonyl (C=O) groups is 6. The highest BCUT2D eigenvalue weighted by Crippen LogP contribution is 2.52. The second-order valence-corrected chi connectivity index (χ2v) is 15.7. The highest BCUT2D eigenvalue weighted by molar-refractivity contribution is 6.31. The van der Waals surface area contributed by atoms with Crippen molar-refractivity contribution in [3.8, 4) is 17.2 Å². The molecule has 0 saturated carbocycles. The number of alkyl carbamates (subject to hydrolysis) is 1. The number of fused-ring (bicyclic) bond motifs is 3. The summed E-state index contributed by atoms with van der Waals surface area (Å²) in [5, 5.41) is 61.4. The number of Topliss-reactive ketones (excluding diaryl/α,β-unsaturated/α-hetero) is 1. The van der Waals surface area contributed by atoms with E-state index in [0.717, 1.165) is 5.56 Å². The van der Waals surface area contributed by atoms with E-state index in [4.69, 9.17) is 18.9 Å². The number of phenolic OH excluding ortho intramolecular Hbond substituents is 2. The summed E-state index contributed by atoms with van der Waals surface area (Å²) in [4.78, 5) is 82.0. The highest BCUT2D eigenvalue weighted by Gasteiger charge is 2.51. The third-order valence-corrected chi connectivity index (χ3v) is 11.8. The lowest BCUT2D eigenvalue weighted by Crippen LogP contribution is -2.59. The normalized spacial score (nSPS) is 26.0. The zero-order valence-electron chi connectivity index (χ0n) is 33.6. The minimum Gasteiger partial charge on any atom is -0.507 e. The van der Waals surface area contributed by atoms with E-state index in [9.17, 15) is 54.3 Å². The van der Waals surface area contributed by atoms with Crippen molar-refractivity contribution in [1.82, 2.24) is 15.5 Å². The third-order valence-electron chi connectivity index (χ3n) is 11.8. The Morgan fingerprint density at radius 3 is 2.43 bits per heavy atom. The van der Waals surface area contributed by atoms with Gasteiger partial charge in [-0.3, -0.25) is 24.0 Å². The quantitative estimate of drug-likeness (QED) is 0.105. The Labute approximate surface area is 349 Å². The Balaban J connectivity index is 1.10. The molecule has 0 radical (unpaired) electrons. The third kappa shape index (κ3) is 8.04. The second kappa shape index (κ2) is 17.2. The molecule has 0 spiro atoms. The molecule has 18 heteroatoms. The standard InChI is InChI=1S/C43H47N3O15/c1-20(44-42(56)59-19-22-9-5-4-6-10-22)41(55)46-14-8-12-26(46)40(54)45-25-15-30(60-21(2)35(25)49)61-28-17-43(57,29(48)18-47)16-24-32(28)39(53)34-33(37(24)51)36(50)23-11-7-13-27(58-3)31(23)38(34)52/h4-7,9-11,13,20-21,25-26,28,30,35,47,49,51,53,57H,8,12,14-19H2,1-3H3,(H,44,56)(H,45,54)/t20-,21+,25+,26+,28+,30+,35-,43+/m1/s1. The number of ketones is 3. The van der Waals surface area contributed by atoms with Crippen molar-refractivity contribution in [2.75, 3.05) is 20.3 Å². The van der Waals surface area contributed by atoms with Gasteiger partial charge in [-0.05, 0) is 38.3 Å². The lowest BCUT2D eigenvalue weighted by Gasteiger charge is -2.43. The first-order valence-electron chi connectivity index (χ1n) is 19.9. The Morgan fingerprint density at radius 1 is 1.00 bits per heavy atom. The Hall–Kier alpha value is -5.92. The number of hydrogen-bond donors (Lipinski definition) is 7. The average molecular weight is 846 g/mol. The van der Waals surface area contributed by atoms with Gasteiger partial charge < -0.3 is 60.0 Å². The van der Waals surface area contributed by atoms with E-state index < -0.39 is 126 Å². The van der Waals surface area contributed by atoms with Gasteiger partial charge in [0.25, 0.3) is 0 Å². The molecule has 2 aliphatic carbocycles. The number of nitrogens with zero attached hydrogens (tertiary/aromatic N) is 1. The van der Waals surface area contributed by atoms with Crippen LogP contribution in [0.5, 0.6) is 17.2 Å². The first kappa shape index (κ1) is 43.2. The summed E-state index contributed by atoms with van der Waals surface area (Å²) >= 11 is 0. The van der Waals surface area contributed by atoms with Crippen LogP contribution in [-0.2, 0) is 41.6 Å². The predicted molar refractivity (Wildman–Crippen MR) is 210 cm³/mol. The number of ether oxygens (including phenoxy) is 4. The van der Waals surface area contributed by atoms with Crippen LogP contribution in [0.25, 0.3) is 0 Å². The Kier molecular flexibility index (Phi) is 12.2. The fourth-order valence-corrected chi connectivity index (χ4v) is 8.69. The molecule has 0 aromatic heterocycles. The molecule has 2 aliphatic heterocycles. The number of hydrogen-bond acceptors (Lipinski definition) is 15. The number of amides is 3. The molecule has 18 nitrogen and oxygen atoms in total. The van der Waals surface area contributed by atoms with Gasteiger partial charge in [-0.1, -0.05) is 42.5 Å². The molecule has 3 aromatic rings. The first-order chi connectivity index (χ1) is 29.1. The van der Waals surface area contributed by atoms with Gasteiger partial charge in [0.1, 0.15) is 54.3 Å². The van der Waals surface area contributed by atoms with Crippen LogP contribution < -0.4 is 15.4 Å². The van der Waals surface area contributed by atoms with Crippen molar-refractivity contribution in [2.24, 2.45) is 0 Å². The van der Waals surface area contributed by atoms with Gasteiger partial charge in [-0.25, -0.2) is 4.79 Å². The zero-order chi connectivity index (χ0) is 43.9. The number of aromatic hydroxyl groups is 2. The van der Waals surface area contributed by atoms with E-state index in [-0.39, 0.29) is 47.6 Å². The smallest absolute Gasteiger partial charge is 0.408 e. The maximum atomic E-state index is 14.0. The summed E-state index contributed by atoms with van der Waals surface area (Å²) in [6.45, 7) is 2.09. The topological polar surface area (TPSA) is 268 Å². The van der Waals surface area contributed by atoms with Gasteiger partial charge in [0.2, 0.25) is 17.6 Å². The van der Waals surface area contributed by atoms with Crippen molar-refractivity contribution < 1.29 is 73.2 Å². The summed E-state index contributed by atoms with van der Waals surface area (Å²) in [6, 6.07) is 10.2. The molecule has 0 bridgehead atoms. The van der Waals surface area contributed by atoms with E-state index in [0.29, 0.717) is 12.8 Å². The summed E-state index contributed by atoms with van der Waals surface area (Å²) in [5.74, 6) is -5.34. The summed E-state index contributed by atoms with van der Waals surface area (Å²) in [6.07, 6.45) is -6.68. The lowest BCUT2D eigenvalue weighted by atomic mass is 9.72. The van der Waals surface area contributed by atoms with Gasteiger partial charge in [0.15, 0.2) is 17.9 Å². The Bertz CT molecular complexity index is 2270. The Morgan fingerprint density at radius 2 is 1.72 bits per heavy atom. The maximum absolute atomic E-state index is 14.0. The van der Waals surface area contributed by atoms with Crippen LogP contribution in [0.3, 0.4) is 0 Å². The molecule has 4 aliphatic rings.